The Bertz CT molecular complexity index is 662. The summed E-state index contributed by atoms with van der Waals surface area (Å²) in [5.41, 5.74) is 2.09. The van der Waals surface area contributed by atoms with Crippen molar-refractivity contribution in [1.29, 1.82) is 0 Å². The van der Waals surface area contributed by atoms with Crippen molar-refractivity contribution in [2.45, 2.75) is 13.5 Å². The van der Waals surface area contributed by atoms with Crippen LogP contribution in [0, 0.1) is 22.9 Å². The van der Waals surface area contributed by atoms with Gasteiger partial charge in [0.1, 0.15) is 5.82 Å². The Morgan fingerprint density at radius 1 is 1.30 bits per heavy atom. The molecule has 0 aliphatic carbocycles. The molecule has 0 fully saturated rings. The normalized spacial score (nSPS) is 10.3. The average Bonchev–Trinajstić information content (AvgIpc) is 2.38. The van der Waals surface area contributed by atoms with E-state index < -0.39 is 4.92 Å². The maximum absolute atomic E-state index is 13.7. The van der Waals surface area contributed by atoms with Gasteiger partial charge >= 0.3 is 0 Å². The molecule has 2 aromatic carbocycles. The van der Waals surface area contributed by atoms with Gasteiger partial charge in [-0.2, -0.15) is 0 Å². The van der Waals surface area contributed by atoms with E-state index in [9.17, 15) is 14.5 Å². The van der Waals surface area contributed by atoms with Gasteiger partial charge in [-0.15, -0.1) is 0 Å². The number of anilines is 1. The van der Waals surface area contributed by atoms with Crippen molar-refractivity contribution in [3.05, 3.63) is 67.9 Å². The molecule has 0 heterocycles. The molecule has 0 radical (unpaired) electrons. The molecule has 0 aliphatic heterocycles. The van der Waals surface area contributed by atoms with Crippen LogP contribution in [0.15, 0.2) is 40.9 Å². The molecule has 0 unspecified atom stereocenters. The number of nitrogens with zero attached hydrogens (tertiary/aromatic N) is 1. The van der Waals surface area contributed by atoms with E-state index in [2.05, 4.69) is 21.2 Å². The largest absolute Gasteiger partial charge is 0.379 e. The van der Waals surface area contributed by atoms with Gasteiger partial charge in [-0.05, 0) is 36.2 Å². The predicted molar refractivity (Wildman–Crippen MR) is 79.3 cm³/mol. The highest BCUT2D eigenvalue weighted by Crippen LogP contribution is 2.24. The molecule has 104 valence electrons. The van der Waals surface area contributed by atoms with Gasteiger partial charge in [0.05, 0.1) is 10.6 Å². The van der Waals surface area contributed by atoms with Crippen molar-refractivity contribution >= 4 is 27.3 Å². The summed E-state index contributed by atoms with van der Waals surface area (Å²) in [4.78, 5) is 10.2. The van der Waals surface area contributed by atoms with Crippen LogP contribution in [0.5, 0.6) is 0 Å². The number of aryl methyl sites for hydroxylation is 1. The second-order valence-electron chi connectivity index (χ2n) is 4.37. The molecule has 0 atom stereocenters. The number of nitro benzene ring substituents is 1. The van der Waals surface area contributed by atoms with E-state index >= 15 is 0 Å². The molecule has 4 nitrogen and oxygen atoms in total. The summed E-state index contributed by atoms with van der Waals surface area (Å²) in [6, 6.07) is 9.44. The fourth-order valence-electron chi connectivity index (χ4n) is 1.75. The minimum Gasteiger partial charge on any atom is -0.379 e. The van der Waals surface area contributed by atoms with Gasteiger partial charge in [-0.25, -0.2) is 4.39 Å². The molecule has 0 saturated carbocycles. The van der Waals surface area contributed by atoms with Crippen LogP contribution in [0.4, 0.5) is 15.8 Å². The Kier molecular flexibility index (Phi) is 4.34. The summed E-state index contributed by atoms with van der Waals surface area (Å²) < 4.78 is 14.3. The Balaban J connectivity index is 2.13. The molecule has 0 saturated heterocycles. The lowest BCUT2D eigenvalue weighted by Crippen LogP contribution is -2.02. The number of benzene rings is 2. The molecule has 0 bridgehead atoms. The number of hydrogen-bond donors (Lipinski definition) is 1. The number of nitrogens with one attached hydrogen (secondary N) is 1. The molecule has 0 spiro atoms. The number of rotatable bonds is 4. The molecule has 1 N–H and O–H groups in total. The Morgan fingerprint density at radius 3 is 2.65 bits per heavy atom. The van der Waals surface area contributed by atoms with Gasteiger partial charge in [0.25, 0.3) is 5.69 Å². The first kappa shape index (κ1) is 14.5. The lowest BCUT2D eigenvalue weighted by atomic mass is 10.2. The SMILES string of the molecule is Cc1ccc(NCc2ccc([N+](=O)[O-])cc2Br)c(F)c1. The summed E-state index contributed by atoms with van der Waals surface area (Å²) >= 11 is 3.28. The first-order valence-electron chi connectivity index (χ1n) is 5.90. The minimum absolute atomic E-state index is 0.0159. The second kappa shape index (κ2) is 6.00. The fraction of sp³-hybridized carbons (Fsp3) is 0.143. The molecular formula is C14H12BrFN2O2. The number of halogens is 2. The monoisotopic (exact) mass is 338 g/mol. The topological polar surface area (TPSA) is 55.2 Å². The van der Waals surface area contributed by atoms with Gasteiger partial charge in [-0.1, -0.05) is 22.0 Å². The van der Waals surface area contributed by atoms with Crippen molar-refractivity contribution in [3.8, 4) is 0 Å². The van der Waals surface area contributed by atoms with Crippen LogP contribution >= 0.6 is 15.9 Å². The smallest absolute Gasteiger partial charge is 0.270 e. The van der Waals surface area contributed by atoms with E-state index in [-0.39, 0.29) is 11.5 Å². The van der Waals surface area contributed by atoms with Crippen molar-refractivity contribution in [1.82, 2.24) is 0 Å². The van der Waals surface area contributed by atoms with E-state index in [0.29, 0.717) is 16.7 Å². The van der Waals surface area contributed by atoms with Gasteiger partial charge in [0.2, 0.25) is 0 Å². The predicted octanol–water partition coefficient (Wildman–Crippen LogP) is 4.42. The van der Waals surface area contributed by atoms with Crippen LogP contribution in [-0.4, -0.2) is 4.92 Å². The molecular weight excluding hydrogens is 327 g/mol. The molecule has 6 heteroatoms. The van der Waals surface area contributed by atoms with E-state index in [1.807, 2.05) is 13.0 Å². The molecule has 2 aromatic rings. The molecule has 0 amide bonds. The zero-order valence-corrected chi connectivity index (χ0v) is 12.3. The van der Waals surface area contributed by atoms with E-state index in [1.165, 1.54) is 18.2 Å². The summed E-state index contributed by atoms with van der Waals surface area (Å²) in [6.07, 6.45) is 0. The van der Waals surface area contributed by atoms with E-state index in [0.717, 1.165) is 11.1 Å². The standard InChI is InChI=1S/C14H12BrFN2O2/c1-9-2-5-14(13(16)6-9)17-8-10-3-4-11(18(19)20)7-12(10)15/h2-7,17H,8H2,1H3. The molecule has 0 aromatic heterocycles. The van der Waals surface area contributed by atoms with Crippen LogP contribution < -0.4 is 5.32 Å². The maximum Gasteiger partial charge on any atom is 0.270 e. The Labute approximate surface area is 123 Å². The highest BCUT2D eigenvalue weighted by molar-refractivity contribution is 9.10. The first-order valence-corrected chi connectivity index (χ1v) is 6.69. The van der Waals surface area contributed by atoms with Crippen LogP contribution in [0.2, 0.25) is 0 Å². The lowest BCUT2D eigenvalue weighted by Gasteiger charge is -2.09. The van der Waals surface area contributed by atoms with Gasteiger partial charge < -0.3 is 5.32 Å². The molecule has 2 rings (SSSR count). The third kappa shape index (κ3) is 3.33. The van der Waals surface area contributed by atoms with Crippen molar-refractivity contribution in [3.63, 3.8) is 0 Å². The Morgan fingerprint density at radius 2 is 2.05 bits per heavy atom. The Hall–Kier alpha value is -1.95. The molecule has 20 heavy (non-hydrogen) atoms. The third-order valence-electron chi connectivity index (χ3n) is 2.84. The molecule has 0 aliphatic rings. The third-order valence-corrected chi connectivity index (χ3v) is 3.58. The summed E-state index contributed by atoms with van der Waals surface area (Å²) in [5, 5.41) is 13.6. The fourth-order valence-corrected chi connectivity index (χ4v) is 2.25. The van der Waals surface area contributed by atoms with Crippen LogP contribution in [-0.2, 0) is 6.54 Å². The number of nitro groups is 1. The van der Waals surface area contributed by atoms with Gasteiger partial charge in [0, 0.05) is 23.2 Å². The van der Waals surface area contributed by atoms with Crippen LogP contribution in [0.25, 0.3) is 0 Å². The lowest BCUT2D eigenvalue weighted by molar-refractivity contribution is -0.384. The highest BCUT2D eigenvalue weighted by atomic mass is 79.9. The minimum atomic E-state index is -0.457. The highest BCUT2D eigenvalue weighted by Gasteiger charge is 2.09. The summed E-state index contributed by atoms with van der Waals surface area (Å²) in [6.45, 7) is 2.19. The zero-order chi connectivity index (χ0) is 14.7. The summed E-state index contributed by atoms with van der Waals surface area (Å²) in [5.74, 6) is -0.317. The maximum atomic E-state index is 13.7. The summed E-state index contributed by atoms with van der Waals surface area (Å²) in [7, 11) is 0. The first-order chi connectivity index (χ1) is 9.47. The van der Waals surface area contributed by atoms with Crippen LogP contribution in [0.1, 0.15) is 11.1 Å². The average molecular weight is 339 g/mol. The van der Waals surface area contributed by atoms with E-state index in [4.69, 9.17) is 0 Å². The quantitative estimate of drug-likeness (QED) is 0.663. The van der Waals surface area contributed by atoms with Crippen molar-refractivity contribution in [2.75, 3.05) is 5.32 Å². The van der Waals surface area contributed by atoms with Crippen molar-refractivity contribution in [2.24, 2.45) is 0 Å². The van der Waals surface area contributed by atoms with Gasteiger partial charge in [0.15, 0.2) is 0 Å². The second-order valence-corrected chi connectivity index (χ2v) is 5.22. The zero-order valence-electron chi connectivity index (χ0n) is 10.7. The number of non-ortho nitro benzene ring substituents is 1. The van der Waals surface area contributed by atoms with E-state index in [1.54, 1.807) is 12.1 Å². The van der Waals surface area contributed by atoms with Crippen molar-refractivity contribution < 1.29 is 9.31 Å². The van der Waals surface area contributed by atoms with Crippen LogP contribution in [0.3, 0.4) is 0 Å². The number of hydrogen-bond acceptors (Lipinski definition) is 3. The van der Waals surface area contributed by atoms with Gasteiger partial charge in [-0.3, -0.25) is 10.1 Å².